The molecule has 1 unspecified atom stereocenters. The molecule has 0 bridgehead atoms. The smallest absolute Gasteiger partial charge is 0.224 e. The van der Waals surface area contributed by atoms with Crippen LogP contribution in [0, 0.1) is 0 Å². The van der Waals surface area contributed by atoms with Gasteiger partial charge in [0, 0.05) is 13.2 Å². The van der Waals surface area contributed by atoms with E-state index < -0.39 is 0 Å². The standard InChI is InChI=1S/C13H20N6O/c14-13-18-11(10-12(19-13)17-8-16-10)15-6-2-1-4-9-5-3-7-20-9/h8-9H,1-7H2,(H4,14,15,16,17,18,19). The summed E-state index contributed by atoms with van der Waals surface area (Å²) < 4.78 is 5.61. The quantitative estimate of drug-likeness (QED) is 0.694. The summed E-state index contributed by atoms with van der Waals surface area (Å²) in [6.45, 7) is 1.79. The Hall–Kier alpha value is -1.89. The van der Waals surface area contributed by atoms with Gasteiger partial charge in [0.15, 0.2) is 11.5 Å². The first-order valence-electron chi connectivity index (χ1n) is 7.15. The SMILES string of the molecule is Nc1nc(NCCCCC2CCCO2)c2[nH]cnc2n1. The fourth-order valence-corrected chi connectivity index (χ4v) is 2.55. The summed E-state index contributed by atoms with van der Waals surface area (Å²) >= 11 is 0. The molecule has 2 aromatic heterocycles. The van der Waals surface area contributed by atoms with Gasteiger partial charge in [-0.25, -0.2) is 4.98 Å². The summed E-state index contributed by atoms with van der Waals surface area (Å²) in [6, 6.07) is 0. The molecule has 1 saturated heterocycles. The van der Waals surface area contributed by atoms with Gasteiger partial charge in [-0.2, -0.15) is 9.97 Å². The van der Waals surface area contributed by atoms with Gasteiger partial charge in [0.1, 0.15) is 5.52 Å². The number of unbranched alkanes of at least 4 members (excludes halogenated alkanes) is 1. The Morgan fingerprint density at radius 1 is 1.40 bits per heavy atom. The van der Waals surface area contributed by atoms with Crippen LogP contribution >= 0.6 is 0 Å². The van der Waals surface area contributed by atoms with E-state index in [1.807, 2.05) is 0 Å². The first kappa shape index (κ1) is 13.1. The molecular weight excluding hydrogens is 256 g/mol. The van der Waals surface area contributed by atoms with Gasteiger partial charge in [0.2, 0.25) is 5.95 Å². The number of fused-ring (bicyclic) bond motifs is 1. The molecule has 3 heterocycles. The number of hydrogen-bond acceptors (Lipinski definition) is 6. The van der Waals surface area contributed by atoms with Crippen LogP contribution in [0.1, 0.15) is 32.1 Å². The molecule has 0 aromatic carbocycles. The Morgan fingerprint density at radius 3 is 3.20 bits per heavy atom. The molecule has 1 aliphatic heterocycles. The molecule has 0 aliphatic carbocycles. The zero-order chi connectivity index (χ0) is 13.8. The van der Waals surface area contributed by atoms with E-state index >= 15 is 0 Å². The van der Waals surface area contributed by atoms with Crippen molar-refractivity contribution in [3.05, 3.63) is 6.33 Å². The number of ether oxygens (including phenoxy) is 1. The van der Waals surface area contributed by atoms with E-state index in [0.717, 1.165) is 43.7 Å². The van der Waals surface area contributed by atoms with E-state index in [1.165, 1.54) is 12.8 Å². The molecule has 7 heteroatoms. The molecule has 3 rings (SSSR count). The number of nitrogens with zero attached hydrogens (tertiary/aromatic N) is 3. The average molecular weight is 276 g/mol. The number of H-pyrrole nitrogens is 1. The summed E-state index contributed by atoms with van der Waals surface area (Å²) in [5.74, 6) is 0.966. The van der Waals surface area contributed by atoms with E-state index in [2.05, 4.69) is 25.3 Å². The van der Waals surface area contributed by atoms with Crippen LogP contribution in [0.4, 0.5) is 11.8 Å². The number of aromatic nitrogens is 4. The zero-order valence-corrected chi connectivity index (χ0v) is 11.4. The highest BCUT2D eigenvalue weighted by Crippen LogP contribution is 2.19. The maximum Gasteiger partial charge on any atom is 0.224 e. The highest BCUT2D eigenvalue weighted by Gasteiger charge is 2.14. The summed E-state index contributed by atoms with van der Waals surface area (Å²) in [5, 5.41) is 3.30. The Kier molecular flexibility index (Phi) is 3.96. The van der Waals surface area contributed by atoms with Gasteiger partial charge in [-0.3, -0.25) is 0 Å². The van der Waals surface area contributed by atoms with Crippen LogP contribution in [0.5, 0.6) is 0 Å². The van der Waals surface area contributed by atoms with E-state index in [1.54, 1.807) is 6.33 Å². The predicted octanol–water partition coefficient (Wildman–Crippen LogP) is 1.70. The van der Waals surface area contributed by atoms with Crippen molar-refractivity contribution in [2.45, 2.75) is 38.2 Å². The van der Waals surface area contributed by atoms with Crippen molar-refractivity contribution in [1.82, 2.24) is 19.9 Å². The number of imidazole rings is 1. The first-order chi connectivity index (χ1) is 9.83. The highest BCUT2D eigenvalue weighted by molar-refractivity contribution is 5.83. The van der Waals surface area contributed by atoms with Crippen molar-refractivity contribution in [1.29, 1.82) is 0 Å². The molecule has 0 spiro atoms. The van der Waals surface area contributed by atoms with Crippen molar-refractivity contribution in [3.63, 3.8) is 0 Å². The van der Waals surface area contributed by atoms with E-state index in [0.29, 0.717) is 11.8 Å². The van der Waals surface area contributed by atoms with E-state index in [9.17, 15) is 0 Å². The van der Waals surface area contributed by atoms with Crippen molar-refractivity contribution in [3.8, 4) is 0 Å². The number of aromatic amines is 1. The van der Waals surface area contributed by atoms with Crippen LogP contribution in [-0.2, 0) is 4.74 Å². The molecule has 4 N–H and O–H groups in total. The molecule has 0 amide bonds. The van der Waals surface area contributed by atoms with Crippen LogP contribution in [0.2, 0.25) is 0 Å². The monoisotopic (exact) mass is 276 g/mol. The van der Waals surface area contributed by atoms with Gasteiger partial charge < -0.3 is 20.8 Å². The molecule has 0 radical (unpaired) electrons. The van der Waals surface area contributed by atoms with Crippen LogP contribution < -0.4 is 11.1 Å². The molecule has 0 saturated carbocycles. The highest BCUT2D eigenvalue weighted by atomic mass is 16.5. The van der Waals surface area contributed by atoms with Gasteiger partial charge >= 0.3 is 0 Å². The predicted molar refractivity (Wildman–Crippen MR) is 77.4 cm³/mol. The Labute approximate surface area is 117 Å². The van der Waals surface area contributed by atoms with Crippen molar-refractivity contribution < 1.29 is 4.74 Å². The molecule has 1 fully saturated rings. The van der Waals surface area contributed by atoms with Gasteiger partial charge in [-0.05, 0) is 32.1 Å². The van der Waals surface area contributed by atoms with Gasteiger partial charge in [-0.15, -0.1) is 0 Å². The third-order valence-electron chi connectivity index (χ3n) is 3.57. The topological polar surface area (TPSA) is 102 Å². The Bertz CT molecular complexity index is 563. The molecule has 20 heavy (non-hydrogen) atoms. The lowest BCUT2D eigenvalue weighted by Gasteiger charge is -2.09. The van der Waals surface area contributed by atoms with Crippen LogP contribution in [-0.4, -0.2) is 39.2 Å². The number of rotatable bonds is 6. The number of nitrogens with two attached hydrogens (primary N) is 1. The summed E-state index contributed by atoms with van der Waals surface area (Å²) in [7, 11) is 0. The molecule has 7 nitrogen and oxygen atoms in total. The van der Waals surface area contributed by atoms with E-state index in [4.69, 9.17) is 10.5 Å². The van der Waals surface area contributed by atoms with Crippen molar-refractivity contribution in [2.24, 2.45) is 0 Å². The number of hydrogen-bond donors (Lipinski definition) is 3. The maximum absolute atomic E-state index is 5.66. The Balaban J connectivity index is 1.48. The van der Waals surface area contributed by atoms with Crippen LogP contribution in [0.3, 0.4) is 0 Å². The normalized spacial score (nSPS) is 18.7. The number of anilines is 2. The van der Waals surface area contributed by atoms with Crippen LogP contribution in [0.15, 0.2) is 6.33 Å². The largest absolute Gasteiger partial charge is 0.378 e. The second-order valence-electron chi connectivity index (χ2n) is 5.09. The van der Waals surface area contributed by atoms with Crippen molar-refractivity contribution >= 4 is 22.9 Å². The minimum absolute atomic E-state index is 0.242. The minimum Gasteiger partial charge on any atom is -0.378 e. The second kappa shape index (κ2) is 6.04. The third-order valence-corrected chi connectivity index (χ3v) is 3.57. The molecule has 2 aromatic rings. The average Bonchev–Trinajstić information content (AvgIpc) is 3.08. The first-order valence-corrected chi connectivity index (χ1v) is 7.15. The lowest BCUT2D eigenvalue weighted by molar-refractivity contribution is 0.102. The summed E-state index contributed by atoms with van der Waals surface area (Å²) in [5.41, 5.74) is 7.06. The van der Waals surface area contributed by atoms with Crippen LogP contribution in [0.25, 0.3) is 11.2 Å². The number of nitrogen functional groups attached to an aromatic ring is 1. The molecule has 1 atom stereocenters. The molecular formula is C13H20N6O. The summed E-state index contributed by atoms with van der Waals surface area (Å²) in [4.78, 5) is 15.4. The summed E-state index contributed by atoms with van der Waals surface area (Å²) in [6.07, 6.45) is 7.88. The Morgan fingerprint density at radius 2 is 2.35 bits per heavy atom. The molecule has 1 aliphatic rings. The minimum atomic E-state index is 0.242. The maximum atomic E-state index is 5.66. The lowest BCUT2D eigenvalue weighted by Crippen LogP contribution is -2.09. The van der Waals surface area contributed by atoms with E-state index in [-0.39, 0.29) is 5.95 Å². The van der Waals surface area contributed by atoms with Crippen molar-refractivity contribution in [2.75, 3.05) is 24.2 Å². The van der Waals surface area contributed by atoms with Gasteiger partial charge in [-0.1, -0.05) is 0 Å². The van der Waals surface area contributed by atoms with Gasteiger partial charge in [0.25, 0.3) is 0 Å². The third kappa shape index (κ3) is 2.98. The fourth-order valence-electron chi connectivity index (χ4n) is 2.55. The number of nitrogens with one attached hydrogen (secondary N) is 2. The van der Waals surface area contributed by atoms with Gasteiger partial charge in [0.05, 0.1) is 12.4 Å². The lowest BCUT2D eigenvalue weighted by atomic mass is 10.1. The molecule has 108 valence electrons. The second-order valence-corrected chi connectivity index (χ2v) is 5.09. The fraction of sp³-hybridized carbons (Fsp3) is 0.615. The zero-order valence-electron chi connectivity index (χ0n) is 11.4.